The number of hydrogen-bond donors (Lipinski definition) is 1. The van der Waals surface area contributed by atoms with E-state index in [1.165, 1.54) is 5.56 Å². The Morgan fingerprint density at radius 3 is 2.63 bits per heavy atom. The van der Waals surface area contributed by atoms with Gasteiger partial charge in [0, 0.05) is 16.7 Å². The van der Waals surface area contributed by atoms with Crippen LogP contribution in [0.3, 0.4) is 0 Å². The van der Waals surface area contributed by atoms with Crippen molar-refractivity contribution in [3.05, 3.63) is 47.0 Å². The van der Waals surface area contributed by atoms with E-state index in [-0.39, 0.29) is 0 Å². The molecule has 98 valence electrons. The first kappa shape index (κ1) is 12.3. The lowest BCUT2D eigenvalue weighted by molar-refractivity contribution is 0.0257. The maximum atomic E-state index is 6.17. The summed E-state index contributed by atoms with van der Waals surface area (Å²) in [6, 6.07) is 11.8. The second-order valence-electron chi connectivity index (χ2n) is 4.45. The molecule has 0 saturated carbocycles. The quantitative estimate of drug-likeness (QED) is 0.909. The minimum absolute atomic E-state index is 0.462. The van der Waals surface area contributed by atoms with Gasteiger partial charge < -0.3 is 9.47 Å². The van der Waals surface area contributed by atoms with E-state index in [9.17, 15) is 0 Å². The SMILES string of the molecule is CNC1Oc2cc(Cl)cc(-c3ccccc3C)c2O1. The van der Waals surface area contributed by atoms with E-state index in [0.29, 0.717) is 10.8 Å². The number of benzene rings is 2. The molecule has 0 saturated heterocycles. The van der Waals surface area contributed by atoms with Crippen molar-refractivity contribution in [3.8, 4) is 22.6 Å². The van der Waals surface area contributed by atoms with Gasteiger partial charge in [0.05, 0.1) is 0 Å². The van der Waals surface area contributed by atoms with Gasteiger partial charge in [0.15, 0.2) is 11.5 Å². The third-order valence-corrected chi connectivity index (χ3v) is 3.37. The van der Waals surface area contributed by atoms with Gasteiger partial charge in [-0.1, -0.05) is 35.9 Å². The Bertz CT molecular complexity index is 628. The monoisotopic (exact) mass is 275 g/mol. The Morgan fingerprint density at radius 2 is 1.89 bits per heavy atom. The van der Waals surface area contributed by atoms with Crippen molar-refractivity contribution < 1.29 is 9.47 Å². The average Bonchev–Trinajstić information content (AvgIpc) is 2.81. The summed E-state index contributed by atoms with van der Waals surface area (Å²) in [6.45, 7) is 2.06. The fourth-order valence-corrected chi connectivity index (χ4v) is 2.43. The summed E-state index contributed by atoms with van der Waals surface area (Å²) in [4.78, 5) is 0. The lowest BCUT2D eigenvalue weighted by Gasteiger charge is -2.10. The van der Waals surface area contributed by atoms with Crippen molar-refractivity contribution in [2.24, 2.45) is 0 Å². The van der Waals surface area contributed by atoms with Crippen LogP contribution in [0.1, 0.15) is 5.56 Å². The van der Waals surface area contributed by atoms with Gasteiger partial charge >= 0.3 is 6.41 Å². The Hall–Kier alpha value is -1.71. The average molecular weight is 276 g/mol. The first-order valence-electron chi connectivity index (χ1n) is 6.09. The second kappa shape index (κ2) is 4.76. The van der Waals surface area contributed by atoms with Crippen molar-refractivity contribution in [1.82, 2.24) is 5.32 Å². The van der Waals surface area contributed by atoms with Crippen molar-refractivity contribution in [1.29, 1.82) is 0 Å². The van der Waals surface area contributed by atoms with Gasteiger partial charge in [0.2, 0.25) is 0 Å². The summed E-state index contributed by atoms with van der Waals surface area (Å²) in [5, 5.41) is 3.57. The van der Waals surface area contributed by atoms with Gasteiger partial charge in [-0.25, -0.2) is 0 Å². The van der Waals surface area contributed by atoms with Crippen LogP contribution in [0.5, 0.6) is 11.5 Å². The molecule has 0 fully saturated rings. The summed E-state index contributed by atoms with van der Waals surface area (Å²) in [6.07, 6.45) is -0.462. The minimum Gasteiger partial charge on any atom is -0.438 e. The van der Waals surface area contributed by atoms with Crippen LogP contribution in [-0.4, -0.2) is 13.5 Å². The van der Waals surface area contributed by atoms with Gasteiger partial charge in [-0.05, 0) is 31.2 Å². The van der Waals surface area contributed by atoms with E-state index < -0.39 is 6.41 Å². The molecule has 2 aromatic rings. The molecule has 0 amide bonds. The third-order valence-electron chi connectivity index (χ3n) is 3.15. The zero-order valence-electron chi connectivity index (χ0n) is 10.7. The number of rotatable bonds is 2. The van der Waals surface area contributed by atoms with Crippen LogP contribution in [0.4, 0.5) is 0 Å². The highest BCUT2D eigenvalue weighted by Gasteiger charge is 2.27. The van der Waals surface area contributed by atoms with Crippen LogP contribution in [0.15, 0.2) is 36.4 Å². The molecular formula is C15H14ClNO2. The highest BCUT2D eigenvalue weighted by molar-refractivity contribution is 6.31. The van der Waals surface area contributed by atoms with Crippen molar-refractivity contribution in [3.63, 3.8) is 0 Å². The van der Waals surface area contributed by atoms with Gasteiger partial charge in [0.25, 0.3) is 0 Å². The molecule has 0 spiro atoms. The fraction of sp³-hybridized carbons (Fsp3) is 0.200. The second-order valence-corrected chi connectivity index (χ2v) is 4.89. The topological polar surface area (TPSA) is 30.5 Å². The molecular weight excluding hydrogens is 262 g/mol. The molecule has 1 N–H and O–H groups in total. The van der Waals surface area contributed by atoms with Crippen LogP contribution >= 0.6 is 11.6 Å². The lowest BCUT2D eigenvalue weighted by atomic mass is 9.99. The van der Waals surface area contributed by atoms with Crippen LogP contribution in [-0.2, 0) is 0 Å². The predicted octanol–water partition coefficient (Wildman–Crippen LogP) is 3.59. The first-order valence-corrected chi connectivity index (χ1v) is 6.47. The smallest absolute Gasteiger partial charge is 0.302 e. The molecule has 1 aliphatic rings. The molecule has 0 aromatic heterocycles. The summed E-state index contributed by atoms with van der Waals surface area (Å²) in [5.74, 6) is 1.41. The predicted molar refractivity (Wildman–Crippen MR) is 75.7 cm³/mol. The Labute approximate surface area is 117 Å². The van der Waals surface area contributed by atoms with Crippen molar-refractivity contribution in [2.75, 3.05) is 7.05 Å². The molecule has 0 aliphatic carbocycles. The Morgan fingerprint density at radius 1 is 1.11 bits per heavy atom. The standard InChI is InChI=1S/C15H14ClNO2/c1-9-5-3-4-6-11(9)12-7-10(16)8-13-14(12)19-15(17-2)18-13/h3-8,15,17H,1-2H3. The largest absolute Gasteiger partial charge is 0.438 e. The fourth-order valence-electron chi connectivity index (χ4n) is 2.22. The lowest BCUT2D eigenvalue weighted by Crippen LogP contribution is -2.32. The van der Waals surface area contributed by atoms with Gasteiger partial charge in [-0.3, -0.25) is 5.32 Å². The molecule has 3 nitrogen and oxygen atoms in total. The van der Waals surface area contributed by atoms with E-state index >= 15 is 0 Å². The number of fused-ring (bicyclic) bond motifs is 1. The Balaban J connectivity index is 2.16. The zero-order chi connectivity index (χ0) is 13.4. The number of ether oxygens (including phenoxy) is 2. The molecule has 1 aliphatic heterocycles. The third kappa shape index (κ3) is 2.15. The van der Waals surface area contributed by atoms with Crippen molar-refractivity contribution in [2.45, 2.75) is 13.3 Å². The van der Waals surface area contributed by atoms with E-state index in [2.05, 4.69) is 24.4 Å². The van der Waals surface area contributed by atoms with Gasteiger partial charge in [0.1, 0.15) is 0 Å². The molecule has 0 radical (unpaired) electrons. The first-order chi connectivity index (χ1) is 9.19. The van der Waals surface area contributed by atoms with Crippen LogP contribution in [0.2, 0.25) is 5.02 Å². The molecule has 19 heavy (non-hydrogen) atoms. The number of nitrogens with one attached hydrogen (secondary N) is 1. The Kier molecular flexibility index (Phi) is 3.09. The van der Waals surface area contributed by atoms with Crippen molar-refractivity contribution >= 4 is 11.6 Å². The van der Waals surface area contributed by atoms with E-state index in [1.54, 1.807) is 13.1 Å². The summed E-state index contributed by atoms with van der Waals surface area (Å²) in [7, 11) is 1.78. The maximum absolute atomic E-state index is 6.17. The van der Waals surface area contributed by atoms with E-state index in [1.807, 2.05) is 18.2 Å². The highest BCUT2D eigenvalue weighted by atomic mass is 35.5. The van der Waals surface area contributed by atoms with E-state index in [0.717, 1.165) is 16.9 Å². The number of halogens is 1. The number of aryl methyl sites for hydroxylation is 1. The molecule has 0 bridgehead atoms. The molecule has 3 rings (SSSR count). The van der Waals surface area contributed by atoms with Crippen LogP contribution < -0.4 is 14.8 Å². The highest BCUT2D eigenvalue weighted by Crippen LogP contribution is 2.45. The molecule has 2 aromatic carbocycles. The summed E-state index contributed by atoms with van der Waals surface area (Å²) >= 11 is 6.17. The zero-order valence-corrected chi connectivity index (χ0v) is 11.5. The maximum Gasteiger partial charge on any atom is 0.302 e. The summed E-state index contributed by atoms with van der Waals surface area (Å²) < 4.78 is 11.4. The van der Waals surface area contributed by atoms with E-state index in [4.69, 9.17) is 21.1 Å². The van der Waals surface area contributed by atoms with Crippen LogP contribution in [0, 0.1) is 6.92 Å². The van der Waals surface area contributed by atoms with Crippen LogP contribution in [0.25, 0.3) is 11.1 Å². The number of hydrogen-bond acceptors (Lipinski definition) is 3. The summed E-state index contributed by atoms with van der Waals surface area (Å²) in [5.41, 5.74) is 3.23. The molecule has 1 heterocycles. The minimum atomic E-state index is -0.462. The van der Waals surface area contributed by atoms with Gasteiger partial charge in [-0.15, -0.1) is 0 Å². The normalized spacial score (nSPS) is 16.7. The van der Waals surface area contributed by atoms with Gasteiger partial charge in [-0.2, -0.15) is 0 Å². The molecule has 1 unspecified atom stereocenters. The molecule has 1 atom stereocenters. The molecule has 4 heteroatoms.